The van der Waals surface area contributed by atoms with Gasteiger partial charge in [0.15, 0.2) is 0 Å². The Morgan fingerprint density at radius 1 is 1.35 bits per heavy atom. The van der Waals surface area contributed by atoms with Crippen molar-refractivity contribution in [1.29, 1.82) is 0 Å². The maximum atomic E-state index is 10.6. The number of benzene rings is 1. The minimum absolute atomic E-state index is 0.0627. The van der Waals surface area contributed by atoms with E-state index in [-0.39, 0.29) is 5.69 Å². The lowest BCUT2D eigenvalue weighted by Gasteiger charge is -2.04. The van der Waals surface area contributed by atoms with Gasteiger partial charge in [0.2, 0.25) is 0 Å². The normalized spacial score (nSPS) is 10.9. The minimum atomic E-state index is -0.424. The van der Waals surface area contributed by atoms with Crippen LogP contribution in [0.5, 0.6) is 0 Å². The summed E-state index contributed by atoms with van der Waals surface area (Å²) in [7, 11) is 0. The van der Waals surface area contributed by atoms with Gasteiger partial charge >= 0.3 is 0 Å². The summed E-state index contributed by atoms with van der Waals surface area (Å²) in [5.74, 6) is 0.583. The van der Waals surface area contributed by atoms with Crippen LogP contribution < -0.4 is 5.32 Å². The second-order valence-electron chi connectivity index (χ2n) is 4.95. The van der Waals surface area contributed by atoms with Gasteiger partial charge in [0.05, 0.1) is 22.5 Å². The fraction of sp³-hybridized carbons (Fsp3) is 0.385. The largest absolute Gasteiger partial charge is 0.311 e. The Balaban J connectivity index is 2.02. The molecule has 7 nitrogen and oxygen atoms in total. The highest BCUT2D eigenvalue weighted by Crippen LogP contribution is 2.14. The average Bonchev–Trinajstić information content (AvgIpc) is 2.87. The van der Waals surface area contributed by atoms with Crippen molar-refractivity contribution >= 4 is 5.69 Å². The number of nitrogens with one attached hydrogen (secondary N) is 1. The van der Waals surface area contributed by atoms with E-state index in [1.54, 1.807) is 16.8 Å². The molecule has 0 aliphatic carbocycles. The standard InChI is InChI=1S/C13H17N5O2/c1-10(2)7-14-8-11-9-17(16-15-11)12-3-5-13(6-4-12)18(19)20/h3-6,9-10,14H,7-8H2,1-2H3. The average molecular weight is 275 g/mol. The third-order valence-electron chi connectivity index (χ3n) is 2.72. The Morgan fingerprint density at radius 3 is 2.65 bits per heavy atom. The van der Waals surface area contributed by atoms with Gasteiger partial charge in [0.25, 0.3) is 5.69 Å². The maximum Gasteiger partial charge on any atom is 0.269 e. The van der Waals surface area contributed by atoms with Gasteiger partial charge < -0.3 is 5.32 Å². The van der Waals surface area contributed by atoms with Crippen molar-refractivity contribution in [3.05, 3.63) is 46.3 Å². The first-order chi connectivity index (χ1) is 9.56. The van der Waals surface area contributed by atoms with Crippen LogP contribution in [0.4, 0.5) is 5.69 Å². The highest BCUT2D eigenvalue weighted by Gasteiger charge is 2.07. The van der Waals surface area contributed by atoms with E-state index < -0.39 is 4.92 Å². The zero-order valence-corrected chi connectivity index (χ0v) is 11.5. The Morgan fingerprint density at radius 2 is 2.05 bits per heavy atom. The first kappa shape index (κ1) is 14.1. The number of nitro benzene ring substituents is 1. The van der Waals surface area contributed by atoms with Crippen LogP contribution in [0, 0.1) is 16.0 Å². The molecule has 106 valence electrons. The topological polar surface area (TPSA) is 85.9 Å². The number of non-ortho nitro benzene ring substituents is 1. The third kappa shape index (κ3) is 3.61. The van der Waals surface area contributed by atoms with Gasteiger partial charge in [-0.3, -0.25) is 10.1 Å². The van der Waals surface area contributed by atoms with Crippen LogP contribution >= 0.6 is 0 Å². The molecule has 0 bridgehead atoms. The monoisotopic (exact) mass is 275 g/mol. The summed E-state index contributed by atoms with van der Waals surface area (Å²) in [4.78, 5) is 10.2. The van der Waals surface area contributed by atoms with E-state index in [1.807, 2.05) is 6.20 Å². The predicted octanol–water partition coefficient (Wildman–Crippen LogP) is 1.92. The smallest absolute Gasteiger partial charge is 0.269 e. The summed E-state index contributed by atoms with van der Waals surface area (Å²) in [6.45, 7) is 5.86. The summed E-state index contributed by atoms with van der Waals surface area (Å²) < 4.78 is 1.61. The van der Waals surface area contributed by atoms with E-state index in [9.17, 15) is 10.1 Å². The first-order valence-corrected chi connectivity index (χ1v) is 6.43. The Bertz CT molecular complexity index is 577. The van der Waals surface area contributed by atoms with Crippen molar-refractivity contribution in [2.24, 2.45) is 5.92 Å². The lowest BCUT2D eigenvalue weighted by molar-refractivity contribution is -0.384. The number of nitrogens with zero attached hydrogens (tertiary/aromatic N) is 4. The summed E-state index contributed by atoms with van der Waals surface area (Å²) >= 11 is 0. The quantitative estimate of drug-likeness (QED) is 0.643. The maximum absolute atomic E-state index is 10.6. The molecule has 0 unspecified atom stereocenters. The van der Waals surface area contributed by atoms with Crippen molar-refractivity contribution in [3.8, 4) is 5.69 Å². The molecular formula is C13H17N5O2. The number of rotatable bonds is 6. The third-order valence-corrected chi connectivity index (χ3v) is 2.72. The zero-order valence-electron chi connectivity index (χ0n) is 11.5. The van der Waals surface area contributed by atoms with E-state index in [0.717, 1.165) is 17.9 Å². The fourth-order valence-electron chi connectivity index (χ4n) is 1.72. The van der Waals surface area contributed by atoms with Crippen LogP contribution in [-0.4, -0.2) is 26.5 Å². The van der Waals surface area contributed by atoms with Crippen molar-refractivity contribution in [1.82, 2.24) is 20.3 Å². The first-order valence-electron chi connectivity index (χ1n) is 6.43. The molecule has 20 heavy (non-hydrogen) atoms. The minimum Gasteiger partial charge on any atom is -0.311 e. The highest BCUT2D eigenvalue weighted by atomic mass is 16.6. The van der Waals surface area contributed by atoms with E-state index >= 15 is 0 Å². The van der Waals surface area contributed by atoms with Gasteiger partial charge in [-0.1, -0.05) is 19.1 Å². The summed E-state index contributed by atoms with van der Waals surface area (Å²) in [5, 5.41) is 22.0. The Labute approximate surface area is 116 Å². The van der Waals surface area contributed by atoms with E-state index in [1.165, 1.54) is 12.1 Å². The molecule has 1 aromatic carbocycles. The second-order valence-corrected chi connectivity index (χ2v) is 4.95. The van der Waals surface area contributed by atoms with Gasteiger partial charge in [0, 0.05) is 18.7 Å². The number of nitro groups is 1. The van der Waals surface area contributed by atoms with Gasteiger partial charge in [-0.25, -0.2) is 4.68 Å². The van der Waals surface area contributed by atoms with Gasteiger partial charge in [0.1, 0.15) is 0 Å². The molecule has 0 aliphatic rings. The SMILES string of the molecule is CC(C)CNCc1cn(-c2ccc([N+](=O)[O-])cc2)nn1. The molecule has 7 heteroatoms. The van der Waals surface area contributed by atoms with Crippen molar-refractivity contribution in [2.75, 3.05) is 6.54 Å². The predicted molar refractivity (Wildman–Crippen MR) is 74.6 cm³/mol. The summed E-state index contributed by atoms with van der Waals surface area (Å²) in [5.41, 5.74) is 1.65. The van der Waals surface area contributed by atoms with Gasteiger partial charge in [-0.2, -0.15) is 0 Å². The Hall–Kier alpha value is -2.28. The molecule has 1 N–H and O–H groups in total. The van der Waals surface area contributed by atoms with E-state index in [2.05, 4.69) is 29.5 Å². The number of hydrogen-bond acceptors (Lipinski definition) is 5. The summed E-state index contributed by atoms with van der Waals surface area (Å²) in [6, 6.07) is 6.21. The highest BCUT2D eigenvalue weighted by molar-refractivity contribution is 5.40. The van der Waals surface area contributed by atoms with Crippen molar-refractivity contribution < 1.29 is 4.92 Å². The molecule has 0 atom stereocenters. The molecule has 1 aromatic heterocycles. The molecular weight excluding hydrogens is 258 g/mol. The van der Waals surface area contributed by atoms with Crippen LogP contribution in [0.2, 0.25) is 0 Å². The molecule has 1 heterocycles. The van der Waals surface area contributed by atoms with Crippen LogP contribution in [0.15, 0.2) is 30.5 Å². The zero-order chi connectivity index (χ0) is 14.5. The van der Waals surface area contributed by atoms with E-state index in [0.29, 0.717) is 12.5 Å². The number of aromatic nitrogens is 3. The van der Waals surface area contributed by atoms with Crippen LogP contribution in [0.25, 0.3) is 5.69 Å². The lowest BCUT2D eigenvalue weighted by Crippen LogP contribution is -2.19. The van der Waals surface area contributed by atoms with Gasteiger partial charge in [-0.15, -0.1) is 5.10 Å². The van der Waals surface area contributed by atoms with Crippen molar-refractivity contribution in [3.63, 3.8) is 0 Å². The summed E-state index contributed by atoms with van der Waals surface area (Å²) in [6.07, 6.45) is 1.81. The van der Waals surface area contributed by atoms with Gasteiger partial charge in [-0.05, 0) is 24.6 Å². The molecule has 2 aromatic rings. The van der Waals surface area contributed by atoms with Crippen LogP contribution in [0.3, 0.4) is 0 Å². The van der Waals surface area contributed by atoms with E-state index in [4.69, 9.17) is 0 Å². The molecule has 0 amide bonds. The molecule has 0 spiro atoms. The van der Waals surface area contributed by atoms with Crippen LogP contribution in [-0.2, 0) is 6.54 Å². The molecule has 0 radical (unpaired) electrons. The molecule has 0 fully saturated rings. The second kappa shape index (κ2) is 6.25. The molecule has 0 saturated heterocycles. The molecule has 0 aliphatic heterocycles. The number of hydrogen-bond donors (Lipinski definition) is 1. The molecule has 2 rings (SSSR count). The van der Waals surface area contributed by atoms with Crippen LogP contribution in [0.1, 0.15) is 19.5 Å². The lowest BCUT2D eigenvalue weighted by atomic mass is 10.2. The van der Waals surface area contributed by atoms with Crippen molar-refractivity contribution in [2.45, 2.75) is 20.4 Å². The Kier molecular flexibility index (Phi) is 4.41. The molecule has 0 saturated carbocycles. The fourth-order valence-corrected chi connectivity index (χ4v) is 1.72.